The van der Waals surface area contributed by atoms with E-state index >= 15 is 0 Å². The Labute approximate surface area is 140 Å². The summed E-state index contributed by atoms with van der Waals surface area (Å²) in [5.41, 5.74) is 2.06. The maximum Gasteiger partial charge on any atom is 0.193 e. The number of hydrogen-bond acceptors (Lipinski definition) is 5. The maximum absolute atomic E-state index is 12.5. The van der Waals surface area contributed by atoms with Crippen molar-refractivity contribution in [3.8, 4) is 5.75 Å². The van der Waals surface area contributed by atoms with Crippen molar-refractivity contribution in [2.45, 2.75) is 24.7 Å². The minimum absolute atomic E-state index is 0.0650. The van der Waals surface area contributed by atoms with Gasteiger partial charge >= 0.3 is 0 Å². The Kier molecular flexibility index (Phi) is 4.94. The van der Waals surface area contributed by atoms with Gasteiger partial charge in [0.25, 0.3) is 0 Å². The van der Waals surface area contributed by atoms with Crippen molar-refractivity contribution >= 4 is 5.78 Å². The van der Waals surface area contributed by atoms with E-state index in [9.17, 15) is 9.90 Å². The lowest BCUT2D eigenvalue weighted by atomic mass is 9.99. The second-order valence-corrected chi connectivity index (χ2v) is 5.83. The summed E-state index contributed by atoms with van der Waals surface area (Å²) >= 11 is 0. The molecule has 0 aliphatic carbocycles. The molecule has 24 heavy (non-hydrogen) atoms. The summed E-state index contributed by atoms with van der Waals surface area (Å²) < 4.78 is 10.7. The number of aliphatic hydroxyl groups excluding tert-OH is 2. The fourth-order valence-electron chi connectivity index (χ4n) is 2.87. The quantitative estimate of drug-likeness (QED) is 0.822. The van der Waals surface area contributed by atoms with Crippen molar-refractivity contribution in [3.63, 3.8) is 0 Å². The molecule has 2 aromatic carbocycles. The SMILES string of the molecule is COc1ccc(C(=O)c2ccc([C@H]3C[C@H](O)[C@@H](CO)O3)cc2)cc1. The van der Waals surface area contributed by atoms with Crippen molar-refractivity contribution in [1.29, 1.82) is 0 Å². The summed E-state index contributed by atoms with van der Waals surface area (Å²) in [6.45, 7) is -0.203. The smallest absolute Gasteiger partial charge is 0.193 e. The van der Waals surface area contributed by atoms with Crippen LogP contribution in [-0.2, 0) is 4.74 Å². The van der Waals surface area contributed by atoms with Crippen LogP contribution in [-0.4, -0.2) is 41.9 Å². The number of benzene rings is 2. The minimum atomic E-state index is -0.666. The third-order valence-electron chi connectivity index (χ3n) is 4.30. The van der Waals surface area contributed by atoms with E-state index in [4.69, 9.17) is 14.6 Å². The highest BCUT2D eigenvalue weighted by Crippen LogP contribution is 2.33. The molecule has 0 saturated carbocycles. The minimum Gasteiger partial charge on any atom is -0.497 e. The van der Waals surface area contributed by atoms with Crippen LogP contribution in [0.25, 0.3) is 0 Å². The van der Waals surface area contributed by atoms with Gasteiger partial charge < -0.3 is 19.7 Å². The lowest BCUT2D eigenvalue weighted by molar-refractivity contribution is -0.0225. The molecule has 0 amide bonds. The molecule has 1 aliphatic heterocycles. The number of aliphatic hydroxyl groups is 2. The van der Waals surface area contributed by atoms with Gasteiger partial charge in [0.05, 0.1) is 25.9 Å². The first kappa shape index (κ1) is 16.6. The van der Waals surface area contributed by atoms with E-state index in [0.29, 0.717) is 23.3 Å². The van der Waals surface area contributed by atoms with Gasteiger partial charge in [0, 0.05) is 17.5 Å². The van der Waals surface area contributed by atoms with E-state index in [0.717, 1.165) is 5.56 Å². The van der Waals surface area contributed by atoms with Crippen LogP contribution in [0.1, 0.15) is 34.0 Å². The van der Waals surface area contributed by atoms with Crippen LogP contribution in [0.2, 0.25) is 0 Å². The molecule has 126 valence electrons. The molecule has 1 heterocycles. The van der Waals surface area contributed by atoms with E-state index in [2.05, 4.69) is 0 Å². The molecule has 3 rings (SSSR count). The molecular formula is C19H20O5. The van der Waals surface area contributed by atoms with Gasteiger partial charge in [-0.1, -0.05) is 24.3 Å². The fourth-order valence-corrected chi connectivity index (χ4v) is 2.87. The average molecular weight is 328 g/mol. The Morgan fingerprint density at radius 3 is 2.21 bits per heavy atom. The second kappa shape index (κ2) is 7.13. The van der Waals surface area contributed by atoms with Crippen molar-refractivity contribution in [3.05, 3.63) is 65.2 Å². The van der Waals surface area contributed by atoms with Crippen molar-refractivity contribution in [1.82, 2.24) is 0 Å². The predicted molar refractivity (Wildman–Crippen MR) is 88.2 cm³/mol. The Hall–Kier alpha value is -2.21. The number of ether oxygens (including phenoxy) is 2. The van der Waals surface area contributed by atoms with Crippen LogP contribution < -0.4 is 4.74 Å². The molecule has 0 unspecified atom stereocenters. The summed E-state index contributed by atoms with van der Waals surface area (Å²) in [7, 11) is 1.58. The number of hydrogen-bond donors (Lipinski definition) is 2. The number of ketones is 1. The van der Waals surface area contributed by atoms with Gasteiger partial charge in [-0.15, -0.1) is 0 Å². The van der Waals surface area contributed by atoms with Gasteiger partial charge in [-0.25, -0.2) is 0 Å². The summed E-state index contributed by atoms with van der Waals surface area (Å²) in [4.78, 5) is 12.5. The van der Waals surface area contributed by atoms with Crippen LogP contribution in [0, 0.1) is 0 Å². The summed E-state index contributed by atoms with van der Waals surface area (Å²) in [5.74, 6) is 0.641. The van der Waals surface area contributed by atoms with Gasteiger partial charge in [0.15, 0.2) is 5.78 Å². The van der Waals surface area contributed by atoms with Gasteiger partial charge in [0.2, 0.25) is 0 Å². The molecule has 2 aromatic rings. The average Bonchev–Trinajstić information content (AvgIpc) is 3.02. The van der Waals surface area contributed by atoms with Crippen LogP contribution in [0.3, 0.4) is 0 Å². The molecule has 0 spiro atoms. The largest absolute Gasteiger partial charge is 0.497 e. The monoisotopic (exact) mass is 328 g/mol. The standard InChI is InChI=1S/C19H20O5/c1-23-15-8-6-14(7-9-15)19(22)13-4-2-12(3-5-13)17-10-16(21)18(11-20)24-17/h2-9,16-18,20-21H,10-11H2,1H3/t16-,17+,18+/m0/s1. The van der Waals surface area contributed by atoms with Gasteiger partial charge in [-0.2, -0.15) is 0 Å². The molecule has 3 atom stereocenters. The topological polar surface area (TPSA) is 76.0 Å². The zero-order valence-electron chi connectivity index (χ0n) is 13.4. The highest BCUT2D eigenvalue weighted by Gasteiger charge is 2.34. The molecule has 0 bridgehead atoms. The zero-order valence-corrected chi connectivity index (χ0v) is 13.4. The van der Waals surface area contributed by atoms with Crippen molar-refractivity contribution in [2.24, 2.45) is 0 Å². The summed E-state index contributed by atoms with van der Waals surface area (Å²) in [6, 6.07) is 14.1. The number of rotatable bonds is 5. The Bertz CT molecular complexity index is 693. The van der Waals surface area contributed by atoms with Crippen LogP contribution in [0.15, 0.2) is 48.5 Å². The molecule has 5 nitrogen and oxygen atoms in total. The van der Waals surface area contributed by atoms with Crippen molar-refractivity contribution in [2.75, 3.05) is 13.7 Å². The Morgan fingerprint density at radius 1 is 1.12 bits per heavy atom. The van der Waals surface area contributed by atoms with Crippen LogP contribution >= 0.6 is 0 Å². The highest BCUT2D eigenvalue weighted by atomic mass is 16.5. The lowest BCUT2D eigenvalue weighted by Crippen LogP contribution is -2.24. The predicted octanol–water partition coefficient (Wildman–Crippen LogP) is 2.11. The normalized spacial score (nSPS) is 23.2. The molecule has 0 aromatic heterocycles. The molecule has 1 fully saturated rings. The Balaban J connectivity index is 1.73. The zero-order chi connectivity index (χ0) is 17.1. The van der Waals surface area contributed by atoms with Crippen LogP contribution in [0.5, 0.6) is 5.75 Å². The molecule has 0 radical (unpaired) electrons. The van der Waals surface area contributed by atoms with E-state index in [-0.39, 0.29) is 18.5 Å². The first-order valence-corrected chi connectivity index (χ1v) is 7.85. The van der Waals surface area contributed by atoms with Crippen molar-refractivity contribution < 1.29 is 24.5 Å². The number of carbonyl (C=O) groups is 1. The second-order valence-electron chi connectivity index (χ2n) is 5.83. The third kappa shape index (κ3) is 3.33. The lowest BCUT2D eigenvalue weighted by Gasteiger charge is -2.12. The summed E-state index contributed by atoms with van der Waals surface area (Å²) in [6.07, 6.45) is -1.03. The molecular weight excluding hydrogens is 308 g/mol. The fraction of sp³-hybridized carbons (Fsp3) is 0.316. The van der Waals surface area contributed by atoms with Gasteiger partial charge in [-0.3, -0.25) is 4.79 Å². The number of methoxy groups -OCH3 is 1. The maximum atomic E-state index is 12.5. The molecule has 2 N–H and O–H groups in total. The number of carbonyl (C=O) groups excluding carboxylic acids is 1. The summed E-state index contributed by atoms with van der Waals surface area (Å²) in [5, 5.41) is 18.9. The molecule has 1 aliphatic rings. The first-order valence-electron chi connectivity index (χ1n) is 7.85. The van der Waals surface area contributed by atoms with Gasteiger partial charge in [-0.05, 0) is 29.8 Å². The van der Waals surface area contributed by atoms with E-state index in [1.807, 2.05) is 12.1 Å². The molecule has 5 heteroatoms. The molecule has 1 saturated heterocycles. The first-order chi connectivity index (χ1) is 11.6. The Morgan fingerprint density at radius 2 is 1.71 bits per heavy atom. The highest BCUT2D eigenvalue weighted by molar-refractivity contribution is 6.09. The van der Waals surface area contributed by atoms with Gasteiger partial charge in [0.1, 0.15) is 11.9 Å². The van der Waals surface area contributed by atoms with E-state index in [1.54, 1.807) is 43.5 Å². The third-order valence-corrected chi connectivity index (χ3v) is 4.30. The van der Waals surface area contributed by atoms with Crippen LogP contribution in [0.4, 0.5) is 0 Å². The van der Waals surface area contributed by atoms with E-state index < -0.39 is 12.2 Å². The van der Waals surface area contributed by atoms with E-state index in [1.165, 1.54) is 0 Å².